The van der Waals surface area contributed by atoms with Crippen molar-refractivity contribution in [1.82, 2.24) is 0 Å². The molecule has 2 aromatic rings. The standard InChI is InChI=1S/C19H17N3O2/c1-3-24-19(23)15(12-20)18-21-16-6-4-5-7-17(16)22(18)14-10-8-13(2)9-11-14/h4-11,21H,3H2,1-2H3/b18-15+. The molecule has 1 N–H and O–H groups in total. The number of para-hydroxylation sites is 2. The molecule has 0 saturated carbocycles. The van der Waals surface area contributed by atoms with Gasteiger partial charge in [-0.15, -0.1) is 0 Å². The summed E-state index contributed by atoms with van der Waals surface area (Å²) in [6.45, 7) is 3.94. The molecule has 1 aliphatic rings. The Balaban J connectivity index is 2.17. The van der Waals surface area contributed by atoms with Gasteiger partial charge >= 0.3 is 5.97 Å². The molecule has 0 fully saturated rings. The molecule has 0 aliphatic carbocycles. The largest absolute Gasteiger partial charge is 0.462 e. The van der Waals surface area contributed by atoms with Crippen LogP contribution in [0.2, 0.25) is 0 Å². The van der Waals surface area contributed by atoms with Crippen LogP contribution in [0.25, 0.3) is 0 Å². The fourth-order valence-electron chi connectivity index (χ4n) is 2.61. The lowest BCUT2D eigenvalue weighted by Gasteiger charge is -2.21. The normalized spacial score (nSPS) is 14.5. The van der Waals surface area contributed by atoms with E-state index in [1.807, 2.05) is 66.4 Å². The van der Waals surface area contributed by atoms with E-state index in [0.29, 0.717) is 5.82 Å². The van der Waals surface area contributed by atoms with Crippen LogP contribution in [-0.4, -0.2) is 12.6 Å². The van der Waals surface area contributed by atoms with Crippen LogP contribution in [0.15, 0.2) is 59.9 Å². The minimum atomic E-state index is -0.632. The number of nitriles is 1. The van der Waals surface area contributed by atoms with Crippen LogP contribution in [0.4, 0.5) is 17.1 Å². The van der Waals surface area contributed by atoms with Crippen LogP contribution < -0.4 is 10.2 Å². The predicted octanol–water partition coefficient (Wildman–Crippen LogP) is 3.86. The highest BCUT2D eigenvalue weighted by Crippen LogP contribution is 2.42. The number of carbonyl (C=O) groups excluding carboxylic acids is 1. The first-order chi connectivity index (χ1) is 11.7. The van der Waals surface area contributed by atoms with Gasteiger partial charge in [-0.3, -0.25) is 4.90 Å². The third-order valence-corrected chi connectivity index (χ3v) is 3.74. The van der Waals surface area contributed by atoms with E-state index < -0.39 is 5.97 Å². The van der Waals surface area contributed by atoms with Gasteiger partial charge in [0.15, 0.2) is 5.57 Å². The van der Waals surface area contributed by atoms with Gasteiger partial charge in [0, 0.05) is 5.69 Å². The van der Waals surface area contributed by atoms with Crippen LogP contribution in [0.5, 0.6) is 0 Å². The lowest BCUT2D eigenvalue weighted by atomic mass is 10.2. The molecule has 0 amide bonds. The Kier molecular flexibility index (Phi) is 4.21. The van der Waals surface area contributed by atoms with Crippen molar-refractivity contribution in [3.63, 3.8) is 0 Å². The maximum atomic E-state index is 12.2. The first kappa shape index (κ1) is 15.6. The fraction of sp³-hybridized carbons (Fsp3) is 0.158. The zero-order chi connectivity index (χ0) is 17.1. The van der Waals surface area contributed by atoms with Crippen molar-refractivity contribution in [3.05, 3.63) is 65.5 Å². The molecule has 24 heavy (non-hydrogen) atoms. The van der Waals surface area contributed by atoms with E-state index in [2.05, 4.69) is 5.32 Å². The highest BCUT2D eigenvalue weighted by molar-refractivity contribution is 5.99. The van der Waals surface area contributed by atoms with Crippen molar-refractivity contribution in [3.8, 4) is 6.07 Å². The van der Waals surface area contributed by atoms with Crippen molar-refractivity contribution in [2.24, 2.45) is 0 Å². The number of fused-ring (bicyclic) bond motifs is 1. The number of benzene rings is 2. The molecular weight excluding hydrogens is 302 g/mol. The molecule has 120 valence electrons. The van der Waals surface area contributed by atoms with Gasteiger partial charge in [0.1, 0.15) is 11.9 Å². The second kappa shape index (κ2) is 6.47. The summed E-state index contributed by atoms with van der Waals surface area (Å²) in [6.07, 6.45) is 0. The maximum Gasteiger partial charge on any atom is 0.352 e. The number of aryl methyl sites for hydroxylation is 1. The molecule has 1 heterocycles. The molecule has 1 aliphatic heterocycles. The summed E-state index contributed by atoms with van der Waals surface area (Å²) in [5.74, 6) is -0.214. The van der Waals surface area contributed by atoms with Crippen LogP contribution >= 0.6 is 0 Å². The summed E-state index contributed by atoms with van der Waals surface area (Å²) in [4.78, 5) is 14.0. The quantitative estimate of drug-likeness (QED) is 0.529. The van der Waals surface area contributed by atoms with E-state index in [1.54, 1.807) is 6.92 Å². The van der Waals surface area contributed by atoms with Crippen molar-refractivity contribution >= 4 is 23.0 Å². The van der Waals surface area contributed by atoms with Crippen LogP contribution in [0, 0.1) is 18.3 Å². The first-order valence-corrected chi connectivity index (χ1v) is 7.70. The molecule has 0 bridgehead atoms. The third-order valence-electron chi connectivity index (χ3n) is 3.74. The Morgan fingerprint density at radius 2 is 1.92 bits per heavy atom. The second-order valence-electron chi connectivity index (χ2n) is 5.37. The maximum absolute atomic E-state index is 12.2. The monoisotopic (exact) mass is 319 g/mol. The molecule has 0 atom stereocenters. The number of hydrogen-bond donors (Lipinski definition) is 1. The molecule has 0 aromatic heterocycles. The van der Waals surface area contributed by atoms with E-state index in [-0.39, 0.29) is 12.2 Å². The summed E-state index contributed by atoms with van der Waals surface area (Å²) >= 11 is 0. The zero-order valence-corrected chi connectivity index (χ0v) is 13.5. The van der Waals surface area contributed by atoms with Crippen LogP contribution in [0.3, 0.4) is 0 Å². The highest BCUT2D eigenvalue weighted by atomic mass is 16.5. The van der Waals surface area contributed by atoms with E-state index in [1.165, 1.54) is 0 Å². The summed E-state index contributed by atoms with van der Waals surface area (Å²) < 4.78 is 5.02. The minimum absolute atomic E-state index is 0.0476. The van der Waals surface area contributed by atoms with Gasteiger partial charge in [0.2, 0.25) is 0 Å². The number of carbonyl (C=O) groups is 1. The summed E-state index contributed by atoms with van der Waals surface area (Å²) in [6, 6.07) is 17.5. The first-order valence-electron chi connectivity index (χ1n) is 7.70. The van der Waals surface area contributed by atoms with Crippen molar-refractivity contribution < 1.29 is 9.53 Å². The molecule has 5 nitrogen and oxygen atoms in total. The fourth-order valence-corrected chi connectivity index (χ4v) is 2.61. The van der Waals surface area contributed by atoms with Gasteiger partial charge < -0.3 is 10.1 Å². The summed E-state index contributed by atoms with van der Waals surface area (Å²) in [7, 11) is 0. The molecule has 3 rings (SSSR count). The van der Waals surface area contributed by atoms with Crippen LogP contribution in [0.1, 0.15) is 12.5 Å². The van der Waals surface area contributed by atoms with E-state index >= 15 is 0 Å². The number of nitrogens with zero attached hydrogens (tertiary/aromatic N) is 2. The smallest absolute Gasteiger partial charge is 0.352 e. The molecule has 0 saturated heterocycles. The van der Waals surface area contributed by atoms with E-state index in [4.69, 9.17) is 4.74 Å². The van der Waals surface area contributed by atoms with Gasteiger partial charge in [-0.2, -0.15) is 5.26 Å². The molecule has 0 unspecified atom stereocenters. The van der Waals surface area contributed by atoms with Crippen molar-refractivity contribution in [1.29, 1.82) is 5.26 Å². The lowest BCUT2D eigenvalue weighted by molar-refractivity contribution is -0.138. The lowest BCUT2D eigenvalue weighted by Crippen LogP contribution is -2.21. The number of nitrogens with one attached hydrogen (secondary N) is 1. The Labute approximate surface area is 140 Å². The molecule has 0 radical (unpaired) electrons. The second-order valence-corrected chi connectivity index (χ2v) is 5.37. The highest BCUT2D eigenvalue weighted by Gasteiger charge is 2.30. The van der Waals surface area contributed by atoms with Gasteiger partial charge in [-0.1, -0.05) is 29.8 Å². The Morgan fingerprint density at radius 3 is 2.58 bits per heavy atom. The number of ether oxygens (including phenoxy) is 1. The van der Waals surface area contributed by atoms with Gasteiger partial charge in [-0.05, 0) is 38.1 Å². The average molecular weight is 319 g/mol. The van der Waals surface area contributed by atoms with Crippen molar-refractivity contribution in [2.75, 3.05) is 16.8 Å². The minimum Gasteiger partial charge on any atom is -0.462 e. The van der Waals surface area contributed by atoms with Gasteiger partial charge in [0.05, 0.1) is 18.0 Å². The van der Waals surface area contributed by atoms with E-state index in [0.717, 1.165) is 22.6 Å². The van der Waals surface area contributed by atoms with Crippen molar-refractivity contribution in [2.45, 2.75) is 13.8 Å². The molecular formula is C19H17N3O2. The van der Waals surface area contributed by atoms with Crippen LogP contribution in [-0.2, 0) is 9.53 Å². The molecule has 5 heteroatoms. The van der Waals surface area contributed by atoms with Gasteiger partial charge in [0.25, 0.3) is 0 Å². The SMILES string of the molecule is CCOC(=O)/C(C#N)=C1\Nc2ccccc2N1c1ccc(C)cc1. The third kappa shape index (κ3) is 2.70. The zero-order valence-electron chi connectivity index (χ0n) is 13.5. The summed E-state index contributed by atoms with van der Waals surface area (Å²) in [5, 5.41) is 12.7. The number of rotatable bonds is 3. The summed E-state index contributed by atoms with van der Waals surface area (Å²) in [5.41, 5.74) is 3.67. The predicted molar refractivity (Wildman–Crippen MR) is 92.7 cm³/mol. The number of anilines is 3. The Hall–Kier alpha value is -3.26. The van der Waals surface area contributed by atoms with Gasteiger partial charge in [-0.25, -0.2) is 4.79 Å². The Bertz CT molecular complexity index is 848. The topological polar surface area (TPSA) is 65.4 Å². The number of esters is 1. The van der Waals surface area contributed by atoms with E-state index in [9.17, 15) is 10.1 Å². The molecule has 2 aromatic carbocycles. The molecule has 0 spiro atoms. The average Bonchev–Trinajstić information content (AvgIpc) is 2.96. The number of hydrogen-bond acceptors (Lipinski definition) is 5. The Morgan fingerprint density at radius 1 is 1.21 bits per heavy atom.